The van der Waals surface area contributed by atoms with Crippen molar-refractivity contribution >= 4 is 16.7 Å². The van der Waals surface area contributed by atoms with E-state index in [1.807, 2.05) is 84.9 Å². The number of aryl methyl sites for hydroxylation is 1. The molecule has 1 fully saturated rings. The fourth-order valence-corrected chi connectivity index (χ4v) is 5.22. The highest BCUT2D eigenvalue weighted by Gasteiger charge is 2.23. The van der Waals surface area contributed by atoms with Gasteiger partial charge in [-0.25, -0.2) is 9.78 Å². The molecule has 3 heterocycles. The maximum Gasteiger partial charge on any atom is 0.333 e. The number of piperidine rings is 1. The topological polar surface area (TPSA) is 72.5 Å². The summed E-state index contributed by atoms with van der Waals surface area (Å²) >= 11 is 0. The molecule has 38 heavy (non-hydrogen) atoms. The quantitative estimate of drug-likeness (QED) is 0.356. The van der Waals surface area contributed by atoms with Crippen molar-refractivity contribution in [1.82, 2.24) is 14.1 Å². The molecule has 0 saturated carbocycles. The minimum absolute atomic E-state index is 0.167. The highest BCUT2D eigenvalue weighted by molar-refractivity contribution is 5.82. The van der Waals surface area contributed by atoms with Crippen molar-refractivity contribution in [2.24, 2.45) is 7.05 Å². The lowest BCUT2D eigenvalue weighted by Gasteiger charge is -2.31. The number of nitrogens with zero attached hydrogens (tertiary/aromatic N) is 4. The van der Waals surface area contributed by atoms with Crippen molar-refractivity contribution in [3.63, 3.8) is 0 Å². The number of imidazole rings is 1. The van der Waals surface area contributed by atoms with Gasteiger partial charge in [-0.3, -0.25) is 9.13 Å². The largest absolute Gasteiger partial charge is 0.463 e. The second-order valence-electron chi connectivity index (χ2n) is 9.72. The zero-order valence-electron chi connectivity index (χ0n) is 21.3. The molecule has 0 spiro atoms. The lowest BCUT2D eigenvalue weighted by molar-refractivity contribution is 0.145. The molecule has 1 aliphatic heterocycles. The van der Waals surface area contributed by atoms with Crippen LogP contribution < -0.4 is 15.3 Å². The SMILES string of the molecule is Cn1c(=O)n(-c2cccnc2OC(c2ccccc2)c2ccccc2)c2ccc(N3CCC(O)CC3)cc21. The van der Waals surface area contributed by atoms with Crippen LogP contribution in [0.25, 0.3) is 16.7 Å². The Morgan fingerprint density at radius 2 is 1.53 bits per heavy atom. The van der Waals surface area contributed by atoms with Gasteiger partial charge in [0, 0.05) is 32.0 Å². The zero-order valence-corrected chi connectivity index (χ0v) is 21.3. The predicted molar refractivity (Wildman–Crippen MR) is 149 cm³/mol. The lowest BCUT2D eigenvalue weighted by Crippen LogP contribution is -2.35. The summed E-state index contributed by atoms with van der Waals surface area (Å²) in [5, 5.41) is 9.90. The van der Waals surface area contributed by atoms with Crippen LogP contribution in [0.3, 0.4) is 0 Å². The predicted octanol–water partition coefficient (Wildman–Crippen LogP) is 4.85. The second kappa shape index (κ2) is 10.2. The molecule has 1 aliphatic rings. The van der Waals surface area contributed by atoms with Gasteiger partial charge in [-0.2, -0.15) is 0 Å². The third-order valence-electron chi connectivity index (χ3n) is 7.30. The van der Waals surface area contributed by atoms with E-state index in [1.165, 1.54) is 0 Å². The first-order valence-corrected chi connectivity index (χ1v) is 13.0. The third-order valence-corrected chi connectivity index (χ3v) is 7.30. The van der Waals surface area contributed by atoms with E-state index in [0.29, 0.717) is 11.6 Å². The molecule has 0 radical (unpaired) electrons. The van der Waals surface area contributed by atoms with Crippen LogP contribution in [0.5, 0.6) is 5.88 Å². The van der Waals surface area contributed by atoms with Gasteiger partial charge in [-0.15, -0.1) is 0 Å². The number of rotatable bonds is 6. The molecule has 3 aromatic carbocycles. The highest BCUT2D eigenvalue weighted by atomic mass is 16.5. The molecule has 0 amide bonds. The van der Waals surface area contributed by atoms with Crippen molar-refractivity contribution in [3.8, 4) is 11.6 Å². The maximum atomic E-state index is 13.6. The summed E-state index contributed by atoms with van der Waals surface area (Å²) in [6, 6.07) is 29.8. The molecule has 0 atom stereocenters. The molecule has 2 aromatic heterocycles. The van der Waals surface area contributed by atoms with Crippen molar-refractivity contribution in [1.29, 1.82) is 0 Å². The Morgan fingerprint density at radius 3 is 2.18 bits per heavy atom. The van der Waals surface area contributed by atoms with Crippen LogP contribution >= 0.6 is 0 Å². The molecular formula is C31H30N4O3. The Balaban J connectivity index is 1.43. The van der Waals surface area contributed by atoms with Gasteiger partial charge in [-0.05, 0) is 54.3 Å². The first kappa shape index (κ1) is 24.0. The Kier molecular flexibility index (Phi) is 6.43. The summed E-state index contributed by atoms with van der Waals surface area (Å²) in [5.41, 5.74) is 5.08. The number of hydrogen-bond donors (Lipinski definition) is 1. The molecule has 7 nitrogen and oxygen atoms in total. The molecule has 1 saturated heterocycles. The minimum atomic E-state index is -0.391. The van der Waals surface area contributed by atoms with Gasteiger partial charge in [0.1, 0.15) is 5.69 Å². The first-order chi connectivity index (χ1) is 18.6. The number of anilines is 1. The van der Waals surface area contributed by atoms with Crippen molar-refractivity contribution < 1.29 is 9.84 Å². The molecule has 5 aromatic rings. The summed E-state index contributed by atoms with van der Waals surface area (Å²) in [6.45, 7) is 1.59. The van der Waals surface area contributed by atoms with Crippen LogP contribution in [-0.2, 0) is 7.05 Å². The van der Waals surface area contributed by atoms with Crippen LogP contribution in [0.1, 0.15) is 30.1 Å². The number of hydrogen-bond acceptors (Lipinski definition) is 5. The molecule has 1 N–H and O–H groups in total. The number of benzene rings is 3. The van der Waals surface area contributed by atoms with Gasteiger partial charge in [0.05, 0.1) is 17.1 Å². The monoisotopic (exact) mass is 506 g/mol. The van der Waals surface area contributed by atoms with Gasteiger partial charge in [0.2, 0.25) is 5.88 Å². The first-order valence-electron chi connectivity index (χ1n) is 13.0. The maximum absolute atomic E-state index is 13.6. The fourth-order valence-electron chi connectivity index (χ4n) is 5.22. The fraction of sp³-hybridized carbons (Fsp3) is 0.226. The number of fused-ring (bicyclic) bond motifs is 1. The summed E-state index contributed by atoms with van der Waals surface area (Å²) in [4.78, 5) is 20.4. The average Bonchev–Trinajstić information content (AvgIpc) is 3.22. The number of aromatic nitrogens is 3. The van der Waals surface area contributed by atoms with Gasteiger partial charge in [0.25, 0.3) is 0 Å². The van der Waals surface area contributed by atoms with Crippen molar-refractivity contribution in [3.05, 3.63) is 119 Å². The van der Waals surface area contributed by atoms with E-state index < -0.39 is 6.10 Å². The van der Waals surface area contributed by atoms with Crippen molar-refractivity contribution in [2.75, 3.05) is 18.0 Å². The highest BCUT2D eigenvalue weighted by Crippen LogP contribution is 2.32. The van der Waals surface area contributed by atoms with Crippen LogP contribution in [0, 0.1) is 0 Å². The summed E-state index contributed by atoms with van der Waals surface area (Å²) < 4.78 is 9.94. The lowest BCUT2D eigenvalue weighted by atomic mass is 10.0. The minimum Gasteiger partial charge on any atom is -0.463 e. The molecule has 0 unspecified atom stereocenters. The van der Waals surface area contributed by atoms with Gasteiger partial charge < -0.3 is 14.7 Å². The van der Waals surface area contributed by atoms with E-state index in [2.05, 4.69) is 16.0 Å². The molecule has 0 bridgehead atoms. The van der Waals surface area contributed by atoms with E-state index in [9.17, 15) is 9.90 Å². The van der Waals surface area contributed by atoms with E-state index in [0.717, 1.165) is 53.8 Å². The summed E-state index contributed by atoms with van der Waals surface area (Å²) in [5.74, 6) is 0.383. The Morgan fingerprint density at radius 1 is 0.868 bits per heavy atom. The van der Waals surface area contributed by atoms with E-state index in [1.54, 1.807) is 22.4 Å². The number of pyridine rings is 1. The van der Waals surface area contributed by atoms with Crippen LogP contribution in [0.15, 0.2) is 102 Å². The molecular weight excluding hydrogens is 476 g/mol. The Labute approximate surface area is 221 Å². The number of ether oxygens (including phenoxy) is 1. The second-order valence-corrected chi connectivity index (χ2v) is 9.72. The van der Waals surface area contributed by atoms with E-state index >= 15 is 0 Å². The van der Waals surface area contributed by atoms with Gasteiger partial charge in [-0.1, -0.05) is 60.7 Å². The average molecular weight is 507 g/mol. The zero-order chi connectivity index (χ0) is 26.1. The van der Waals surface area contributed by atoms with E-state index in [4.69, 9.17) is 4.74 Å². The normalized spacial score (nSPS) is 14.3. The Hall–Kier alpha value is -4.36. The van der Waals surface area contributed by atoms with Crippen LogP contribution in [0.2, 0.25) is 0 Å². The molecule has 0 aliphatic carbocycles. The number of aliphatic hydroxyl groups is 1. The Bertz CT molecular complexity index is 1560. The van der Waals surface area contributed by atoms with Gasteiger partial charge in [0.15, 0.2) is 6.10 Å². The smallest absolute Gasteiger partial charge is 0.333 e. The molecule has 6 rings (SSSR count). The van der Waals surface area contributed by atoms with Crippen LogP contribution in [-0.4, -0.2) is 38.4 Å². The molecule has 7 heteroatoms. The van der Waals surface area contributed by atoms with Crippen LogP contribution in [0.4, 0.5) is 5.69 Å². The summed E-state index contributed by atoms with van der Waals surface area (Å²) in [7, 11) is 1.79. The van der Waals surface area contributed by atoms with Gasteiger partial charge >= 0.3 is 5.69 Å². The summed E-state index contributed by atoms with van der Waals surface area (Å²) in [6.07, 6.45) is 2.56. The standard InChI is InChI=1S/C31H30N4O3/c1-33-28-21-24(34-19-16-25(36)17-20-34)14-15-26(28)35(31(33)37)27-13-8-18-32-30(27)38-29(22-9-4-2-5-10-22)23-11-6-3-7-12-23/h2-15,18,21,25,29,36H,16-17,19-20H2,1H3. The number of aliphatic hydroxyl groups excluding tert-OH is 1. The molecule has 192 valence electrons. The van der Waals surface area contributed by atoms with Crippen molar-refractivity contribution in [2.45, 2.75) is 25.0 Å². The van der Waals surface area contributed by atoms with E-state index in [-0.39, 0.29) is 11.8 Å². The third kappa shape index (κ3) is 4.46.